The third-order valence-corrected chi connectivity index (χ3v) is 7.82. The summed E-state index contributed by atoms with van der Waals surface area (Å²) in [7, 11) is 0. The smallest absolute Gasteiger partial charge is 0.234 e. The van der Waals surface area contributed by atoms with Gasteiger partial charge in [-0.3, -0.25) is 0 Å². The van der Waals surface area contributed by atoms with Gasteiger partial charge in [-0.1, -0.05) is 12.8 Å². The summed E-state index contributed by atoms with van der Waals surface area (Å²) in [6.45, 7) is 3.19. The molecular weight excluding hydrogens is 442 g/mol. The number of hydrogen-bond acceptors (Lipinski definition) is 9. The molecule has 4 heterocycles. The van der Waals surface area contributed by atoms with Crippen molar-refractivity contribution in [1.29, 1.82) is 0 Å². The molecule has 0 unspecified atom stereocenters. The number of ether oxygens (including phenoxy) is 1. The third-order valence-electron chi connectivity index (χ3n) is 7.82. The molecule has 1 saturated heterocycles. The van der Waals surface area contributed by atoms with Gasteiger partial charge in [0.2, 0.25) is 5.95 Å². The molecule has 3 aliphatic rings. The van der Waals surface area contributed by atoms with E-state index in [0.29, 0.717) is 23.3 Å². The van der Waals surface area contributed by atoms with Gasteiger partial charge in [0.1, 0.15) is 11.3 Å². The largest absolute Gasteiger partial charge is 0.382 e. The molecule has 35 heavy (non-hydrogen) atoms. The quantitative estimate of drug-likeness (QED) is 0.570. The van der Waals surface area contributed by atoms with Crippen molar-refractivity contribution in [2.24, 2.45) is 5.73 Å². The summed E-state index contributed by atoms with van der Waals surface area (Å²) in [5, 5.41) is 0. The number of nitrogens with two attached hydrogens (primary N) is 2. The maximum atomic E-state index is 6.45. The number of aromatic nitrogens is 5. The molecule has 186 valence electrons. The zero-order valence-electron chi connectivity index (χ0n) is 20.2. The van der Waals surface area contributed by atoms with Crippen LogP contribution in [-0.2, 0) is 4.74 Å². The van der Waals surface area contributed by atoms with Crippen LogP contribution in [0.3, 0.4) is 0 Å². The maximum absolute atomic E-state index is 6.45. The van der Waals surface area contributed by atoms with E-state index in [9.17, 15) is 0 Å². The number of rotatable bonds is 5. The summed E-state index contributed by atoms with van der Waals surface area (Å²) in [6, 6.07) is 5.15. The predicted molar refractivity (Wildman–Crippen MR) is 137 cm³/mol. The minimum atomic E-state index is 0.241. The number of fused-ring (bicyclic) bond motifs is 1. The third kappa shape index (κ3) is 4.40. The summed E-state index contributed by atoms with van der Waals surface area (Å²) in [4.78, 5) is 23.7. The molecule has 0 radical (unpaired) electrons. The maximum Gasteiger partial charge on any atom is 0.234 e. The van der Waals surface area contributed by atoms with Crippen LogP contribution in [0.4, 0.5) is 23.3 Å². The summed E-state index contributed by atoms with van der Waals surface area (Å²) >= 11 is 0. The Balaban J connectivity index is 1.39. The zero-order chi connectivity index (χ0) is 23.8. The Morgan fingerprint density at radius 2 is 1.71 bits per heavy atom. The van der Waals surface area contributed by atoms with E-state index >= 15 is 0 Å². The monoisotopic (exact) mass is 477 g/mol. The van der Waals surface area contributed by atoms with Crippen LogP contribution in [0.5, 0.6) is 0 Å². The average Bonchev–Trinajstić information content (AvgIpc) is 3.57. The molecule has 3 fully saturated rings. The second kappa shape index (κ2) is 9.58. The van der Waals surface area contributed by atoms with E-state index < -0.39 is 0 Å². The van der Waals surface area contributed by atoms with Crippen molar-refractivity contribution in [2.75, 3.05) is 41.8 Å². The fraction of sp³-hybridized carbons (Fsp3) is 0.600. The lowest BCUT2D eigenvalue weighted by atomic mass is 9.90. The standard InChI is InChI=1S/C25H35N9O/c26-17-5-7-19(8-6-17)34(20-9-10-21(28-15-20)32-11-13-35-14-12-32)25-30-23(27)22-24(31-25)33(16-29-22)18-3-1-2-4-18/h9-10,15-19H,1-8,11-14,26H2,(H2,27,30,31). The van der Waals surface area contributed by atoms with Gasteiger partial charge in [0, 0.05) is 31.2 Å². The molecule has 0 spiro atoms. The van der Waals surface area contributed by atoms with Gasteiger partial charge in [-0.2, -0.15) is 9.97 Å². The van der Waals surface area contributed by atoms with Crippen LogP contribution in [0.2, 0.25) is 0 Å². The molecule has 0 atom stereocenters. The zero-order valence-corrected chi connectivity index (χ0v) is 20.2. The van der Waals surface area contributed by atoms with Crippen molar-refractivity contribution in [2.45, 2.75) is 69.5 Å². The van der Waals surface area contributed by atoms with E-state index in [1.165, 1.54) is 12.8 Å². The average molecular weight is 478 g/mol. The Morgan fingerprint density at radius 1 is 0.943 bits per heavy atom. The number of imidazole rings is 1. The van der Waals surface area contributed by atoms with E-state index in [0.717, 1.165) is 82.0 Å². The highest BCUT2D eigenvalue weighted by atomic mass is 16.5. The number of morpholine rings is 1. The second-order valence-corrected chi connectivity index (χ2v) is 10.1. The Kier molecular flexibility index (Phi) is 6.15. The lowest BCUT2D eigenvalue weighted by Gasteiger charge is -2.36. The fourth-order valence-electron chi connectivity index (χ4n) is 5.83. The molecule has 4 N–H and O–H groups in total. The minimum absolute atomic E-state index is 0.241. The first-order valence-electron chi connectivity index (χ1n) is 13.0. The van der Waals surface area contributed by atoms with Gasteiger partial charge in [0.25, 0.3) is 0 Å². The van der Waals surface area contributed by atoms with Crippen LogP contribution >= 0.6 is 0 Å². The van der Waals surface area contributed by atoms with Crippen molar-refractivity contribution >= 4 is 34.4 Å². The van der Waals surface area contributed by atoms with Crippen LogP contribution in [-0.4, -0.2) is 62.9 Å². The molecule has 0 aromatic carbocycles. The van der Waals surface area contributed by atoms with Crippen molar-refractivity contribution in [3.63, 3.8) is 0 Å². The Bertz CT molecular complexity index is 1140. The van der Waals surface area contributed by atoms with Gasteiger partial charge in [-0.05, 0) is 50.7 Å². The Hall–Kier alpha value is -2.98. The Morgan fingerprint density at radius 3 is 2.43 bits per heavy atom. The van der Waals surface area contributed by atoms with E-state index in [4.69, 9.17) is 31.2 Å². The van der Waals surface area contributed by atoms with E-state index in [2.05, 4.69) is 31.5 Å². The fourth-order valence-corrected chi connectivity index (χ4v) is 5.83. The van der Waals surface area contributed by atoms with Crippen molar-refractivity contribution in [1.82, 2.24) is 24.5 Å². The molecule has 3 aromatic heterocycles. The molecular formula is C25H35N9O. The van der Waals surface area contributed by atoms with Gasteiger partial charge >= 0.3 is 0 Å². The summed E-state index contributed by atoms with van der Waals surface area (Å²) in [5.74, 6) is 2.02. The number of hydrogen-bond donors (Lipinski definition) is 2. The van der Waals surface area contributed by atoms with E-state index in [1.807, 2.05) is 12.5 Å². The predicted octanol–water partition coefficient (Wildman–Crippen LogP) is 3.16. The number of anilines is 4. The SMILES string of the molecule is Nc1nc(N(c2ccc(N3CCOCC3)nc2)C2CCC(N)CC2)nc2c1ncn2C1CCCC1. The van der Waals surface area contributed by atoms with E-state index in [1.54, 1.807) is 0 Å². The van der Waals surface area contributed by atoms with Crippen LogP contribution in [0.25, 0.3) is 11.2 Å². The van der Waals surface area contributed by atoms with Gasteiger partial charge in [0.15, 0.2) is 11.5 Å². The van der Waals surface area contributed by atoms with Crippen LogP contribution in [0, 0.1) is 0 Å². The van der Waals surface area contributed by atoms with E-state index in [-0.39, 0.29) is 12.1 Å². The van der Waals surface area contributed by atoms with Gasteiger partial charge < -0.3 is 30.6 Å². The first kappa shape index (κ1) is 22.5. The highest BCUT2D eigenvalue weighted by Gasteiger charge is 2.30. The summed E-state index contributed by atoms with van der Waals surface area (Å²) in [6.07, 6.45) is 12.6. The van der Waals surface area contributed by atoms with Crippen LogP contribution < -0.4 is 21.3 Å². The second-order valence-electron chi connectivity index (χ2n) is 10.1. The molecule has 10 heteroatoms. The number of nitrogens with zero attached hydrogens (tertiary/aromatic N) is 7. The summed E-state index contributed by atoms with van der Waals surface area (Å²) < 4.78 is 7.70. The number of pyridine rings is 1. The molecule has 0 bridgehead atoms. The number of nitrogen functional groups attached to an aromatic ring is 1. The normalized spacial score (nSPS) is 23.7. The van der Waals surface area contributed by atoms with Gasteiger partial charge in [-0.25, -0.2) is 9.97 Å². The van der Waals surface area contributed by atoms with Gasteiger partial charge in [-0.15, -0.1) is 0 Å². The van der Waals surface area contributed by atoms with Crippen molar-refractivity contribution in [3.05, 3.63) is 24.7 Å². The highest BCUT2D eigenvalue weighted by molar-refractivity contribution is 5.83. The van der Waals surface area contributed by atoms with Gasteiger partial charge in [0.05, 0.1) is 31.4 Å². The first-order chi connectivity index (χ1) is 17.2. The molecule has 0 amide bonds. The molecule has 2 aliphatic carbocycles. The van der Waals surface area contributed by atoms with Crippen molar-refractivity contribution in [3.8, 4) is 0 Å². The topological polar surface area (TPSA) is 124 Å². The molecule has 2 saturated carbocycles. The first-order valence-corrected chi connectivity index (χ1v) is 13.0. The molecule has 6 rings (SSSR count). The van der Waals surface area contributed by atoms with Crippen molar-refractivity contribution < 1.29 is 4.74 Å². The highest BCUT2D eigenvalue weighted by Crippen LogP contribution is 2.36. The molecule has 10 nitrogen and oxygen atoms in total. The van der Waals surface area contributed by atoms with Crippen LogP contribution in [0.1, 0.15) is 57.4 Å². The van der Waals surface area contributed by atoms with Crippen LogP contribution in [0.15, 0.2) is 24.7 Å². The lowest BCUT2D eigenvalue weighted by Crippen LogP contribution is -2.39. The molecule has 1 aliphatic heterocycles. The minimum Gasteiger partial charge on any atom is -0.382 e. The lowest BCUT2D eigenvalue weighted by molar-refractivity contribution is 0.122. The Labute approximate surface area is 205 Å². The molecule has 3 aromatic rings. The summed E-state index contributed by atoms with van der Waals surface area (Å²) in [5.41, 5.74) is 15.2.